The number of rotatable bonds is 3. The summed E-state index contributed by atoms with van der Waals surface area (Å²) in [5, 5.41) is 1.13. The fourth-order valence-electron chi connectivity index (χ4n) is 1.32. The minimum atomic E-state index is 0.294. The van der Waals surface area contributed by atoms with E-state index in [0.717, 1.165) is 5.56 Å². The highest BCUT2D eigenvalue weighted by atomic mass is 35.5. The van der Waals surface area contributed by atoms with Crippen LogP contribution in [0.15, 0.2) is 30.6 Å². The summed E-state index contributed by atoms with van der Waals surface area (Å²) >= 11 is 23.6. The number of nitrogens with zero attached hydrogens (tertiary/aromatic N) is 1. The van der Waals surface area contributed by atoms with Crippen molar-refractivity contribution >= 4 is 46.4 Å². The van der Waals surface area contributed by atoms with E-state index in [2.05, 4.69) is 4.98 Å². The minimum absolute atomic E-state index is 0.294. The van der Waals surface area contributed by atoms with Gasteiger partial charge in [-0.05, 0) is 12.1 Å². The molecule has 0 atom stereocenters. The first-order valence-electron chi connectivity index (χ1n) is 4.93. The van der Waals surface area contributed by atoms with E-state index in [1.807, 2.05) is 0 Å². The summed E-state index contributed by atoms with van der Waals surface area (Å²) in [6.07, 6.45) is 3.24. The van der Waals surface area contributed by atoms with Gasteiger partial charge in [-0.3, -0.25) is 4.98 Å². The monoisotopic (exact) mass is 321 g/mol. The van der Waals surface area contributed by atoms with Gasteiger partial charge in [0.15, 0.2) is 0 Å². The SMILES string of the molecule is ClCc1cnccc1Oc1cc(Cl)c(Cl)cc1Cl. The lowest BCUT2D eigenvalue weighted by molar-refractivity contribution is 0.478. The molecule has 2 aromatic rings. The number of halogens is 4. The van der Waals surface area contributed by atoms with Gasteiger partial charge in [0.25, 0.3) is 0 Å². The lowest BCUT2D eigenvalue weighted by Gasteiger charge is -2.11. The van der Waals surface area contributed by atoms with Gasteiger partial charge in [0.2, 0.25) is 0 Å². The van der Waals surface area contributed by atoms with Crippen molar-refractivity contribution in [2.45, 2.75) is 5.88 Å². The summed E-state index contributed by atoms with van der Waals surface area (Å²) in [4.78, 5) is 3.97. The van der Waals surface area contributed by atoms with Crippen LogP contribution in [0.25, 0.3) is 0 Å². The highest BCUT2D eigenvalue weighted by Gasteiger charge is 2.10. The number of benzene rings is 1. The number of hydrogen-bond acceptors (Lipinski definition) is 2. The van der Waals surface area contributed by atoms with E-state index in [4.69, 9.17) is 51.1 Å². The Hall–Kier alpha value is -0.670. The van der Waals surface area contributed by atoms with Crippen LogP contribution < -0.4 is 4.74 Å². The van der Waals surface area contributed by atoms with E-state index in [1.165, 1.54) is 6.07 Å². The fourth-order valence-corrected chi connectivity index (χ4v) is 2.09. The second-order valence-corrected chi connectivity index (χ2v) is 4.90. The molecule has 0 aliphatic rings. The van der Waals surface area contributed by atoms with Crippen LogP contribution in [-0.4, -0.2) is 4.98 Å². The number of pyridine rings is 1. The van der Waals surface area contributed by atoms with Gasteiger partial charge in [0.05, 0.1) is 20.9 Å². The van der Waals surface area contributed by atoms with E-state index in [9.17, 15) is 0 Å². The first kappa shape index (κ1) is 13.8. The third-order valence-electron chi connectivity index (χ3n) is 2.20. The van der Waals surface area contributed by atoms with E-state index in [0.29, 0.717) is 32.4 Å². The molecule has 0 fully saturated rings. The molecule has 18 heavy (non-hydrogen) atoms. The Morgan fingerprint density at radius 2 is 1.72 bits per heavy atom. The Morgan fingerprint density at radius 3 is 2.44 bits per heavy atom. The third kappa shape index (κ3) is 3.01. The summed E-state index contributed by atoms with van der Waals surface area (Å²) in [5.74, 6) is 1.30. The lowest BCUT2D eigenvalue weighted by atomic mass is 10.3. The maximum absolute atomic E-state index is 6.03. The molecule has 0 aliphatic heterocycles. The molecule has 1 heterocycles. The predicted molar refractivity (Wildman–Crippen MR) is 75.3 cm³/mol. The molecule has 0 N–H and O–H groups in total. The van der Waals surface area contributed by atoms with Crippen molar-refractivity contribution in [2.24, 2.45) is 0 Å². The van der Waals surface area contributed by atoms with Crippen molar-refractivity contribution in [3.8, 4) is 11.5 Å². The zero-order chi connectivity index (χ0) is 13.1. The normalized spacial score (nSPS) is 10.4. The van der Waals surface area contributed by atoms with E-state index < -0.39 is 0 Å². The first-order valence-corrected chi connectivity index (χ1v) is 6.60. The van der Waals surface area contributed by atoms with Crippen LogP contribution in [0.2, 0.25) is 15.1 Å². The van der Waals surface area contributed by atoms with Crippen LogP contribution in [0.5, 0.6) is 11.5 Å². The molecule has 2 rings (SSSR count). The molecular formula is C12H7Cl4NO. The molecule has 2 nitrogen and oxygen atoms in total. The third-order valence-corrected chi connectivity index (χ3v) is 3.50. The van der Waals surface area contributed by atoms with Crippen molar-refractivity contribution < 1.29 is 4.74 Å². The van der Waals surface area contributed by atoms with Gasteiger partial charge in [-0.1, -0.05) is 34.8 Å². The second-order valence-electron chi connectivity index (χ2n) is 3.42. The Labute approximate surface area is 124 Å². The van der Waals surface area contributed by atoms with E-state index >= 15 is 0 Å². The van der Waals surface area contributed by atoms with Crippen LogP contribution >= 0.6 is 46.4 Å². The standard InChI is InChI=1S/C12H7Cl4NO/c13-5-7-6-17-2-1-11(7)18-12-4-9(15)8(14)3-10(12)16/h1-4,6H,5H2. The van der Waals surface area contributed by atoms with Gasteiger partial charge >= 0.3 is 0 Å². The zero-order valence-corrected chi connectivity index (χ0v) is 12.0. The summed E-state index contributed by atoms with van der Waals surface area (Å²) in [5.41, 5.74) is 0.765. The second kappa shape index (κ2) is 5.98. The maximum Gasteiger partial charge on any atom is 0.147 e. The van der Waals surface area contributed by atoms with Crippen molar-refractivity contribution in [1.82, 2.24) is 4.98 Å². The van der Waals surface area contributed by atoms with Crippen LogP contribution in [0.4, 0.5) is 0 Å². The predicted octanol–water partition coefficient (Wildman–Crippen LogP) is 5.57. The van der Waals surface area contributed by atoms with Crippen molar-refractivity contribution in [3.05, 3.63) is 51.2 Å². The molecular weight excluding hydrogens is 316 g/mol. The molecule has 6 heteroatoms. The summed E-state index contributed by atoms with van der Waals surface area (Å²) < 4.78 is 5.67. The lowest BCUT2D eigenvalue weighted by Crippen LogP contribution is -1.91. The van der Waals surface area contributed by atoms with Gasteiger partial charge in [0, 0.05) is 24.0 Å². The summed E-state index contributed by atoms with van der Waals surface area (Å²) in [6.45, 7) is 0. The van der Waals surface area contributed by atoms with Crippen LogP contribution in [-0.2, 0) is 5.88 Å². The van der Waals surface area contributed by atoms with Gasteiger partial charge in [0.1, 0.15) is 11.5 Å². The van der Waals surface area contributed by atoms with Crippen molar-refractivity contribution in [1.29, 1.82) is 0 Å². The van der Waals surface area contributed by atoms with E-state index in [1.54, 1.807) is 24.5 Å². The smallest absolute Gasteiger partial charge is 0.147 e. The van der Waals surface area contributed by atoms with Crippen molar-refractivity contribution in [2.75, 3.05) is 0 Å². The molecule has 0 saturated carbocycles. The number of aromatic nitrogens is 1. The van der Waals surface area contributed by atoms with Crippen LogP contribution in [0, 0.1) is 0 Å². The van der Waals surface area contributed by atoms with Gasteiger partial charge in [-0.2, -0.15) is 0 Å². The quantitative estimate of drug-likeness (QED) is 0.544. The van der Waals surface area contributed by atoms with Gasteiger partial charge < -0.3 is 4.74 Å². The number of alkyl halides is 1. The number of ether oxygens (including phenoxy) is 1. The Morgan fingerprint density at radius 1 is 1.00 bits per heavy atom. The molecule has 1 aromatic carbocycles. The molecule has 0 radical (unpaired) electrons. The fraction of sp³-hybridized carbons (Fsp3) is 0.0833. The highest BCUT2D eigenvalue weighted by Crippen LogP contribution is 2.37. The average molecular weight is 323 g/mol. The molecule has 1 aromatic heterocycles. The van der Waals surface area contributed by atoms with Crippen LogP contribution in [0.3, 0.4) is 0 Å². The Bertz CT molecular complexity index is 574. The summed E-state index contributed by atoms with van der Waals surface area (Å²) in [6, 6.07) is 4.80. The molecule has 0 bridgehead atoms. The molecule has 0 amide bonds. The Kier molecular flexibility index (Phi) is 4.57. The largest absolute Gasteiger partial charge is 0.455 e. The molecule has 0 saturated heterocycles. The Balaban J connectivity index is 2.37. The van der Waals surface area contributed by atoms with Gasteiger partial charge in [-0.25, -0.2) is 0 Å². The van der Waals surface area contributed by atoms with Gasteiger partial charge in [-0.15, -0.1) is 11.6 Å². The zero-order valence-electron chi connectivity index (χ0n) is 8.96. The molecule has 0 unspecified atom stereocenters. The number of hydrogen-bond donors (Lipinski definition) is 0. The van der Waals surface area contributed by atoms with Crippen molar-refractivity contribution in [3.63, 3.8) is 0 Å². The topological polar surface area (TPSA) is 22.1 Å². The minimum Gasteiger partial charge on any atom is -0.455 e. The molecule has 94 valence electrons. The molecule has 0 spiro atoms. The first-order chi connectivity index (χ1) is 8.61. The highest BCUT2D eigenvalue weighted by molar-refractivity contribution is 6.43. The summed E-state index contributed by atoms with van der Waals surface area (Å²) in [7, 11) is 0. The maximum atomic E-state index is 6.03. The van der Waals surface area contributed by atoms with E-state index in [-0.39, 0.29) is 0 Å². The average Bonchev–Trinajstić information content (AvgIpc) is 2.36. The molecule has 0 aliphatic carbocycles. The van der Waals surface area contributed by atoms with Crippen LogP contribution in [0.1, 0.15) is 5.56 Å².